The van der Waals surface area contributed by atoms with Crippen molar-refractivity contribution < 1.29 is 99.0 Å². The second-order valence-corrected chi connectivity index (χ2v) is 10.3. The van der Waals surface area contributed by atoms with E-state index in [-0.39, 0.29) is 69.4 Å². The topological polar surface area (TPSA) is 407 Å². The fourth-order valence-corrected chi connectivity index (χ4v) is 3.31. The van der Waals surface area contributed by atoms with E-state index in [4.69, 9.17) is 0 Å². The van der Waals surface area contributed by atoms with E-state index in [2.05, 4.69) is 12.9 Å². The van der Waals surface area contributed by atoms with Crippen LogP contribution in [0.25, 0.3) is 0 Å². The quantitative estimate of drug-likeness (QED) is 0.194. The van der Waals surface area contributed by atoms with Gasteiger partial charge in [-0.2, -0.15) is 0 Å². The Hall–Kier alpha value is 2.91. The second-order valence-electron chi connectivity index (χ2n) is 2.93. The predicted molar refractivity (Wildman–Crippen MR) is 71.9 cm³/mol. The zero-order chi connectivity index (χ0) is 23.1. The molecule has 31 heavy (non-hydrogen) atoms. The van der Waals surface area contributed by atoms with Crippen LogP contribution in [0.3, 0.4) is 0 Å². The SMILES string of the molecule is O=P([O-])([O-])OP(=O)([O-])[O-].O=P([O-])([O-])OP(=O)([O-])[O-].O=P([O-])([O-])OP(=O)([O-])[O-].[Al].[Al].[Al].[Al]. The molecule has 0 bridgehead atoms. The van der Waals surface area contributed by atoms with Gasteiger partial charge in [0.25, 0.3) is 0 Å². The summed E-state index contributed by atoms with van der Waals surface area (Å²) in [5.74, 6) is 0. The van der Waals surface area contributed by atoms with Crippen molar-refractivity contribution in [2.24, 2.45) is 0 Å². The summed E-state index contributed by atoms with van der Waals surface area (Å²) in [6.07, 6.45) is 0. The Morgan fingerprint density at radius 2 is 0.355 bits per heavy atom. The standard InChI is InChI=1S/4Al.3H4O7P2/c;;;;3*1-8(2,3)7-9(4,5)6/h;;;;3*(H2,1,2,3)(H2,4,5,6)/p-12. The number of phosphoric acid groups is 6. The Bertz CT molecular complexity index is 559. The first-order chi connectivity index (χ1) is 11.1. The highest BCUT2D eigenvalue weighted by Crippen LogP contribution is 2.43. The van der Waals surface area contributed by atoms with Gasteiger partial charge in [0.1, 0.15) is 0 Å². The highest BCUT2D eigenvalue weighted by atomic mass is 31.3. The minimum absolute atomic E-state index is 0. The van der Waals surface area contributed by atoms with Gasteiger partial charge in [0, 0.05) is 69.4 Å². The van der Waals surface area contributed by atoms with Crippen molar-refractivity contribution >= 4 is 116 Å². The van der Waals surface area contributed by atoms with E-state index in [0.717, 1.165) is 0 Å². The minimum Gasteiger partial charge on any atom is -0.790 e. The summed E-state index contributed by atoms with van der Waals surface area (Å²) < 4.78 is 63.5. The summed E-state index contributed by atoms with van der Waals surface area (Å²) in [6, 6.07) is 0. The van der Waals surface area contributed by atoms with E-state index in [1.807, 2.05) is 0 Å². The van der Waals surface area contributed by atoms with E-state index >= 15 is 0 Å². The molecule has 0 atom stereocenters. The lowest BCUT2D eigenvalue weighted by Gasteiger charge is -2.39. The van der Waals surface area contributed by atoms with Gasteiger partial charge in [-0.05, 0) is 0 Å². The fraction of sp³-hybridized carbons (Fsp3) is 0. The molecule has 12 radical (unpaired) electrons. The number of rotatable bonds is 6. The second kappa shape index (κ2) is 19.1. The monoisotopic (exact) mass is 630 g/mol. The zero-order valence-electron chi connectivity index (χ0n) is 13.6. The average molecular weight is 630 g/mol. The molecular formula is Al4O21P6-12. The summed E-state index contributed by atoms with van der Waals surface area (Å²) >= 11 is 0. The van der Waals surface area contributed by atoms with Crippen LogP contribution in [-0.4, -0.2) is 69.4 Å². The molecule has 0 rings (SSSR count). The van der Waals surface area contributed by atoms with Crippen LogP contribution in [0, 0.1) is 0 Å². The predicted octanol–water partition coefficient (Wildman–Crippen LogP) is -11.5. The van der Waals surface area contributed by atoms with E-state index in [9.17, 15) is 86.1 Å². The Morgan fingerprint density at radius 1 is 0.290 bits per heavy atom. The lowest BCUT2D eigenvalue weighted by atomic mass is 15.7. The third kappa shape index (κ3) is 71.9. The Balaban J connectivity index is -0.0000000524. The van der Waals surface area contributed by atoms with E-state index in [1.54, 1.807) is 0 Å². The van der Waals surface area contributed by atoms with Gasteiger partial charge in [0.05, 0.1) is 46.9 Å². The summed E-state index contributed by atoms with van der Waals surface area (Å²) in [4.78, 5) is 112. The average Bonchev–Trinajstić information content (AvgIpc) is 1.96. The third-order valence-corrected chi connectivity index (χ3v) is 5.40. The van der Waals surface area contributed by atoms with Gasteiger partial charge in [-0.1, -0.05) is 0 Å². The molecule has 0 saturated heterocycles. The van der Waals surface area contributed by atoms with Crippen molar-refractivity contribution in [2.45, 2.75) is 0 Å². The molecule has 0 aliphatic heterocycles. The molecule has 0 aliphatic rings. The maximum Gasteiger partial charge on any atom is 0.0655 e. The van der Waals surface area contributed by atoms with Gasteiger partial charge >= 0.3 is 0 Å². The summed E-state index contributed by atoms with van der Waals surface area (Å²) in [6.45, 7) is 0. The van der Waals surface area contributed by atoms with Crippen LogP contribution < -0.4 is 58.7 Å². The third-order valence-electron chi connectivity index (χ3n) is 0.600. The van der Waals surface area contributed by atoms with Crippen molar-refractivity contribution in [3.63, 3.8) is 0 Å². The van der Waals surface area contributed by atoms with Crippen LogP contribution in [0.15, 0.2) is 0 Å². The molecule has 0 saturated carbocycles. The van der Waals surface area contributed by atoms with Gasteiger partial charge in [-0.15, -0.1) is 0 Å². The minimum atomic E-state index is -5.68. The van der Waals surface area contributed by atoms with Gasteiger partial charge in [0.2, 0.25) is 0 Å². The van der Waals surface area contributed by atoms with Crippen LogP contribution in [0.4, 0.5) is 0 Å². The largest absolute Gasteiger partial charge is 0.790 e. The number of hydrogen-bond acceptors (Lipinski definition) is 21. The van der Waals surface area contributed by atoms with Gasteiger partial charge < -0.3 is 99.0 Å². The van der Waals surface area contributed by atoms with Crippen LogP contribution in [0.2, 0.25) is 0 Å². The Labute approximate surface area is 214 Å². The molecule has 180 valence electrons. The van der Waals surface area contributed by atoms with Crippen molar-refractivity contribution in [2.75, 3.05) is 0 Å². The van der Waals surface area contributed by atoms with Gasteiger partial charge in [-0.3, -0.25) is 0 Å². The lowest BCUT2D eigenvalue weighted by Crippen LogP contribution is -2.23. The maximum atomic E-state index is 9.32. The van der Waals surface area contributed by atoms with Crippen molar-refractivity contribution in [1.29, 1.82) is 0 Å². The van der Waals surface area contributed by atoms with E-state index < -0.39 is 46.9 Å². The molecular weight excluding hydrogens is 630 g/mol. The molecule has 0 aromatic rings. The van der Waals surface area contributed by atoms with E-state index in [1.165, 1.54) is 0 Å². The molecule has 0 aromatic heterocycles. The van der Waals surface area contributed by atoms with Gasteiger partial charge in [-0.25, -0.2) is 0 Å². The molecule has 0 N–H and O–H groups in total. The lowest BCUT2D eigenvalue weighted by molar-refractivity contribution is -0.368. The van der Waals surface area contributed by atoms with Crippen LogP contribution in [0.1, 0.15) is 0 Å². The first-order valence-corrected chi connectivity index (χ1v) is 13.1. The fourth-order valence-electron chi connectivity index (χ4n) is 0.367. The summed E-state index contributed by atoms with van der Waals surface area (Å²) in [5.41, 5.74) is 0. The van der Waals surface area contributed by atoms with Crippen LogP contribution in [-0.2, 0) is 40.3 Å². The van der Waals surface area contributed by atoms with E-state index in [0.29, 0.717) is 0 Å². The molecule has 0 unspecified atom stereocenters. The molecule has 21 nitrogen and oxygen atoms in total. The number of hydrogen-bond donors (Lipinski definition) is 0. The Kier molecular flexibility index (Phi) is 31.2. The first-order valence-electron chi connectivity index (χ1n) is 4.38. The molecule has 0 heterocycles. The summed E-state index contributed by atoms with van der Waals surface area (Å²) in [7, 11) is -34.1. The highest BCUT2D eigenvalue weighted by molar-refractivity contribution is 7.58. The highest BCUT2D eigenvalue weighted by Gasteiger charge is 1.94. The van der Waals surface area contributed by atoms with Crippen LogP contribution in [0.5, 0.6) is 0 Å². The van der Waals surface area contributed by atoms with Crippen molar-refractivity contribution in [3.05, 3.63) is 0 Å². The normalized spacial score (nSPS) is 12.0. The first kappa shape index (κ1) is 50.7. The maximum absolute atomic E-state index is 9.32. The van der Waals surface area contributed by atoms with Crippen LogP contribution >= 0.6 is 46.9 Å². The molecule has 0 fully saturated rings. The van der Waals surface area contributed by atoms with Crippen molar-refractivity contribution in [3.8, 4) is 0 Å². The summed E-state index contributed by atoms with van der Waals surface area (Å²) in [5, 5.41) is 0. The smallest absolute Gasteiger partial charge is 0.0655 e. The van der Waals surface area contributed by atoms with Gasteiger partial charge in [0.15, 0.2) is 0 Å². The molecule has 0 spiro atoms. The Morgan fingerprint density at radius 3 is 0.355 bits per heavy atom. The van der Waals surface area contributed by atoms with Crippen molar-refractivity contribution in [1.82, 2.24) is 0 Å². The molecule has 0 aliphatic carbocycles. The molecule has 31 heteroatoms. The molecule has 0 amide bonds. The molecule has 0 aromatic carbocycles. The zero-order valence-corrected chi connectivity index (χ0v) is 23.6.